The standard InChI is InChI=1S/C12H18N4O/c1-11(15-5-3-13-9-15)7-17-8-12(2)16-6-4-14-10-16/h3-6,9-12H,7-8H2,1-2H3/t11-,12-/m1/s1. The van der Waals surface area contributed by atoms with E-state index in [0.29, 0.717) is 25.3 Å². The highest BCUT2D eigenvalue weighted by molar-refractivity contribution is 4.80. The zero-order chi connectivity index (χ0) is 12.1. The van der Waals surface area contributed by atoms with Gasteiger partial charge in [-0.3, -0.25) is 0 Å². The van der Waals surface area contributed by atoms with Crippen molar-refractivity contribution in [1.29, 1.82) is 0 Å². The summed E-state index contributed by atoms with van der Waals surface area (Å²) in [6.07, 6.45) is 11.1. The van der Waals surface area contributed by atoms with Crippen LogP contribution in [0.3, 0.4) is 0 Å². The Bertz CT molecular complexity index is 369. The Labute approximate surface area is 101 Å². The summed E-state index contributed by atoms with van der Waals surface area (Å²) in [5.74, 6) is 0. The van der Waals surface area contributed by atoms with Gasteiger partial charge in [0.05, 0.1) is 38.0 Å². The molecule has 17 heavy (non-hydrogen) atoms. The van der Waals surface area contributed by atoms with E-state index in [-0.39, 0.29) is 0 Å². The van der Waals surface area contributed by atoms with Crippen LogP contribution in [0.1, 0.15) is 25.9 Å². The van der Waals surface area contributed by atoms with Gasteiger partial charge in [0.25, 0.3) is 0 Å². The smallest absolute Gasteiger partial charge is 0.0949 e. The first-order chi connectivity index (χ1) is 8.27. The largest absolute Gasteiger partial charge is 0.377 e. The van der Waals surface area contributed by atoms with E-state index in [1.807, 2.05) is 34.2 Å². The first kappa shape index (κ1) is 11.9. The zero-order valence-corrected chi connectivity index (χ0v) is 10.2. The number of aromatic nitrogens is 4. The van der Waals surface area contributed by atoms with Gasteiger partial charge in [0.2, 0.25) is 0 Å². The van der Waals surface area contributed by atoms with Crippen LogP contribution in [-0.4, -0.2) is 32.3 Å². The lowest BCUT2D eigenvalue weighted by molar-refractivity contribution is 0.0848. The zero-order valence-electron chi connectivity index (χ0n) is 10.2. The van der Waals surface area contributed by atoms with Gasteiger partial charge >= 0.3 is 0 Å². The average molecular weight is 234 g/mol. The minimum absolute atomic E-state index is 0.312. The van der Waals surface area contributed by atoms with Crippen LogP contribution >= 0.6 is 0 Å². The minimum Gasteiger partial charge on any atom is -0.377 e. The maximum Gasteiger partial charge on any atom is 0.0949 e. The van der Waals surface area contributed by atoms with E-state index >= 15 is 0 Å². The lowest BCUT2D eigenvalue weighted by atomic mass is 10.3. The maximum absolute atomic E-state index is 5.71. The molecule has 2 aromatic rings. The Balaban J connectivity index is 1.73. The van der Waals surface area contributed by atoms with Gasteiger partial charge < -0.3 is 13.9 Å². The molecule has 2 atom stereocenters. The first-order valence-corrected chi connectivity index (χ1v) is 5.80. The van der Waals surface area contributed by atoms with Crippen LogP contribution < -0.4 is 0 Å². The number of ether oxygens (including phenoxy) is 1. The second-order valence-electron chi connectivity index (χ2n) is 4.26. The number of hydrogen-bond donors (Lipinski definition) is 0. The first-order valence-electron chi connectivity index (χ1n) is 5.80. The number of imidazole rings is 2. The summed E-state index contributed by atoms with van der Waals surface area (Å²) in [5, 5.41) is 0. The third kappa shape index (κ3) is 3.17. The summed E-state index contributed by atoms with van der Waals surface area (Å²) in [5.41, 5.74) is 0. The van der Waals surface area contributed by atoms with E-state index in [0.717, 1.165) is 0 Å². The normalized spacial score (nSPS) is 14.7. The second-order valence-corrected chi connectivity index (χ2v) is 4.26. The molecule has 0 amide bonds. The molecule has 5 heteroatoms. The molecule has 0 spiro atoms. The molecule has 0 fully saturated rings. The van der Waals surface area contributed by atoms with Gasteiger partial charge in [0.15, 0.2) is 0 Å². The Morgan fingerprint density at radius 1 is 0.941 bits per heavy atom. The van der Waals surface area contributed by atoms with Gasteiger partial charge in [-0.1, -0.05) is 0 Å². The second kappa shape index (κ2) is 5.63. The molecular formula is C12H18N4O. The molecule has 2 heterocycles. The summed E-state index contributed by atoms with van der Waals surface area (Å²) < 4.78 is 9.79. The molecule has 0 bridgehead atoms. The molecule has 0 unspecified atom stereocenters. The molecule has 5 nitrogen and oxygen atoms in total. The predicted octanol–water partition coefficient (Wildman–Crippen LogP) is 1.92. The summed E-state index contributed by atoms with van der Waals surface area (Å²) in [7, 11) is 0. The lowest BCUT2D eigenvalue weighted by Crippen LogP contribution is -2.16. The summed E-state index contributed by atoms with van der Waals surface area (Å²) in [6.45, 7) is 5.61. The maximum atomic E-state index is 5.71. The quantitative estimate of drug-likeness (QED) is 0.767. The van der Waals surface area contributed by atoms with E-state index in [2.05, 4.69) is 23.8 Å². The lowest BCUT2D eigenvalue weighted by Gasteiger charge is -2.17. The van der Waals surface area contributed by atoms with Gasteiger partial charge in [-0.15, -0.1) is 0 Å². The van der Waals surface area contributed by atoms with Crippen molar-refractivity contribution in [2.24, 2.45) is 0 Å². The molecule has 0 aliphatic heterocycles. The molecule has 0 aromatic carbocycles. The van der Waals surface area contributed by atoms with E-state index < -0.39 is 0 Å². The predicted molar refractivity (Wildman–Crippen MR) is 64.7 cm³/mol. The number of rotatable bonds is 6. The van der Waals surface area contributed by atoms with Crippen molar-refractivity contribution in [3.63, 3.8) is 0 Å². The summed E-state index contributed by atoms with van der Waals surface area (Å²) >= 11 is 0. The Kier molecular flexibility index (Phi) is 3.93. The molecule has 0 aliphatic carbocycles. The van der Waals surface area contributed by atoms with Crippen molar-refractivity contribution in [2.45, 2.75) is 25.9 Å². The molecule has 0 aliphatic rings. The highest BCUT2D eigenvalue weighted by Crippen LogP contribution is 2.08. The van der Waals surface area contributed by atoms with Crippen LogP contribution in [-0.2, 0) is 4.74 Å². The average Bonchev–Trinajstić information content (AvgIpc) is 3.02. The van der Waals surface area contributed by atoms with E-state index in [1.165, 1.54) is 0 Å². The van der Waals surface area contributed by atoms with Crippen molar-refractivity contribution in [1.82, 2.24) is 19.1 Å². The molecule has 92 valence electrons. The minimum atomic E-state index is 0.312. The van der Waals surface area contributed by atoms with Crippen LogP contribution in [0.15, 0.2) is 37.4 Å². The molecule has 0 radical (unpaired) electrons. The molecule has 0 saturated heterocycles. The van der Waals surface area contributed by atoms with Gasteiger partial charge in [-0.05, 0) is 13.8 Å². The summed E-state index contributed by atoms with van der Waals surface area (Å²) in [4.78, 5) is 8.04. The molecule has 0 saturated carbocycles. The highest BCUT2D eigenvalue weighted by atomic mass is 16.5. The van der Waals surface area contributed by atoms with Crippen LogP contribution in [0, 0.1) is 0 Å². The fraction of sp³-hybridized carbons (Fsp3) is 0.500. The Morgan fingerprint density at radius 2 is 1.41 bits per heavy atom. The third-order valence-electron chi connectivity index (χ3n) is 2.79. The van der Waals surface area contributed by atoms with Crippen molar-refractivity contribution in [3.8, 4) is 0 Å². The highest BCUT2D eigenvalue weighted by Gasteiger charge is 2.07. The van der Waals surface area contributed by atoms with Crippen molar-refractivity contribution in [3.05, 3.63) is 37.4 Å². The van der Waals surface area contributed by atoms with E-state index in [4.69, 9.17) is 4.74 Å². The Hall–Kier alpha value is -1.62. The van der Waals surface area contributed by atoms with Gasteiger partial charge in [0, 0.05) is 24.8 Å². The van der Waals surface area contributed by atoms with Crippen LogP contribution in [0.5, 0.6) is 0 Å². The van der Waals surface area contributed by atoms with Crippen molar-refractivity contribution in [2.75, 3.05) is 13.2 Å². The van der Waals surface area contributed by atoms with Gasteiger partial charge in [0.1, 0.15) is 0 Å². The molecular weight excluding hydrogens is 216 g/mol. The van der Waals surface area contributed by atoms with E-state index in [1.54, 1.807) is 12.4 Å². The monoisotopic (exact) mass is 234 g/mol. The fourth-order valence-electron chi connectivity index (χ4n) is 1.64. The molecule has 2 rings (SSSR count). The fourth-order valence-corrected chi connectivity index (χ4v) is 1.64. The van der Waals surface area contributed by atoms with Crippen LogP contribution in [0.2, 0.25) is 0 Å². The van der Waals surface area contributed by atoms with Crippen molar-refractivity contribution >= 4 is 0 Å². The SMILES string of the molecule is C[C@H](COC[C@@H](C)n1ccnc1)n1ccnc1. The van der Waals surface area contributed by atoms with E-state index in [9.17, 15) is 0 Å². The van der Waals surface area contributed by atoms with Crippen LogP contribution in [0.25, 0.3) is 0 Å². The molecule has 2 aromatic heterocycles. The van der Waals surface area contributed by atoms with Gasteiger partial charge in [-0.25, -0.2) is 9.97 Å². The topological polar surface area (TPSA) is 44.9 Å². The summed E-state index contributed by atoms with van der Waals surface area (Å²) in [6, 6.07) is 0.625. The Morgan fingerprint density at radius 3 is 1.76 bits per heavy atom. The number of hydrogen-bond acceptors (Lipinski definition) is 3. The third-order valence-corrected chi connectivity index (χ3v) is 2.79. The van der Waals surface area contributed by atoms with Crippen LogP contribution in [0.4, 0.5) is 0 Å². The van der Waals surface area contributed by atoms with Crippen molar-refractivity contribution < 1.29 is 4.74 Å². The number of nitrogens with zero attached hydrogens (tertiary/aromatic N) is 4. The van der Waals surface area contributed by atoms with Gasteiger partial charge in [-0.2, -0.15) is 0 Å². The molecule has 0 N–H and O–H groups in total.